The molecule has 82 valence electrons. The second-order valence-corrected chi connectivity index (χ2v) is 3.51. The van der Waals surface area contributed by atoms with Gasteiger partial charge in [-0.25, -0.2) is 9.48 Å². The number of hydrogen-bond donors (Lipinski definition) is 2. The number of aryl methyl sites for hydroxylation is 1. The molecular formula is C11H11N3O2. The van der Waals surface area contributed by atoms with Crippen LogP contribution >= 0.6 is 0 Å². The zero-order chi connectivity index (χ0) is 11.7. The highest BCUT2D eigenvalue weighted by atomic mass is 16.4. The van der Waals surface area contributed by atoms with Crippen LogP contribution in [0.25, 0.3) is 5.69 Å². The summed E-state index contributed by atoms with van der Waals surface area (Å²) in [5, 5.41) is 12.7. The molecule has 2 rings (SSSR count). The summed E-state index contributed by atoms with van der Waals surface area (Å²) in [7, 11) is 0. The lowest BCUT2D eigenvalue weighted by atomic mass is 10.2. The molecule has 0 aliphatic heterocycles. The maximum absolute atomic E-state index is 10.7. The van der Waals surface area contributed by atoms with Gasteiger partial charge in [0, 0.05) is 6.07 Å². The average molecular weight is 217 g/mol. The lowest BCUT2D eigenvalue weighted by Gasteiger charge is -2.04. The maximum atomic E-state index is 10.7. The van der Waals surface area contributed by atoms with E-state index in [1.807, 2.05) is 31.2 Å². The molecule has 0 spiro atoms. The highest BCUT2D eigenvalue weighted by Crippen LogP contribution is 2.15. The van der Waals surface area contributed by atoms with Crippen LogP contribution in [-0.4, -0.2) is 20.9 Å². The number of carboxylic acids is 1. The molecule has 0 saturated carbocycles. The largest absolute Gasteiger partial charge is 0.476 e. The predicted octanol–water partition coefficient (Wildman–Crippen LogP) is 1.46. The molecule has 0 fully saturated rings. The Morgan fingerprint density at radius 2 is 2.19 bits per heavy atom. The molecule has 1 aromatic heterocycles. The minimum atomic E-state index is -1.09. The van der Waals surface area contributed by atoms with Crippen LogP contribution in [-0.2, 0) is 0 Å². The molecule has 2 aromatic rings. The Bertz CT molecular complexity index is 546. The van der Waals surface area contributed by atoms with E-state index in [1.165, 1.54) is 10.7 Å². The number of nitrogens with two attached hydrogens (primary N) is 1. The fraction of sp³-hybridized carbons (Fsp3) is 0.0909. The third kappa shape index (κ3) is 1.75. The van der Waals surface area contributed by atoms with Gasteiger partial charge < -0.3 is 10.8 Å². The number of aromatic nitrogens is 2. The lowest BCUT2D eigenvalue weighted by Crippen LogP contribution is -2.03. The van der Waals surface area contributed by atoms with Gasteiger partial charge in [0.25, 0.3) is 0 Å². The fourth-order valence-electron chi connectivity index (χ4n) is 1.47. The minimum Gasteiger partial charge on any atom is -0.476 e. The van der Waals surface area contributed by atoms with E-state index in [4.69, 9.17) is 10.8 Å². The van der Waals surface area contributed by atoms with Crippen LogP contribution in [0.4, 0.5) is 5.82 Å². The zero-order valence-electron chi connectivity index (χ0n) is 8.71. The fourth-order valence-corrected chi connectivity index (χ4v) is 1.47. The van der Waals surface area contributed by atoms with Gasteiger partial charge in [0.2, 0.25) is 0 Å². The van der Waals surface area contributed by atoms with E-state index in [2.05, 4.69) is 5.10 Å². The van der Waals surface area contributed by atoms with Gasteiger partial charge in [-0.2, -0.15) is 5.10 Å². The molecule has 0 aliphatic carbocycles. The monoisotopic (exact) mass is 217 g/mol. The van der Waals surface area contributed by atoms with Crippen LogP contribution in [0.5, 0.6) is 0 Å². The SMILES string of the molecule is Cc1cccc(-n2nc(C(=O)O)cc2N)c1. The van der Waals surface area contributed by atoms with Crippen LogP contribution in [0, 0.1) is 6.92 Å². The van der Waals surface area contributed by atoms with Crippen molar-refractivity contribution in [2.24, 2.45) is 0 Å². The van der Waals surface area contributed by atoms with Crippen molar-refractivity contribution in [2.75, 3.05) is 5.73 Å². The van der Waals surface area contributed by atoms with Crippen LogP contribution in [0.15, 0.2) is 30.3 Å². The van der Waals surface area contributed by atoms with Gasteiger partial charge in [0.15, 0.2) is 5.69 Å². The van der Waals surface area contributed by atoms with Gasteiger partial charge in [-0.05, 0) is 24.6 Å². The molecule has 1 heterocycles. The second kappa shape index (κ2) is 3.69. The first-order valence-corrected chi connectivity index (χ1v) is 4.74. The Balaban J connectivity index is 2.52. The minimum absolute atomic E-state index is 0.0565. The third-order valence-corrected chi connectivity index (χ3v) is 2.20. The van der Waals surface area contributed by atoms with E-state index >= 15 is 0 Å². The summed E-state index contributed by atoms with van der Waals surface area (Å²) < 4.78 is 1.41. The van der Waals surface area contributed by atoms with Gasteiger partial charge >= 0.3 is 5.97 Å². The van der Waals surface area contributed by atoms with Crippen molar-refractivity contribution in [1.82, 2.24) is 9.78 Å². The number of benzene rings is 1. The molecule has 1 aromatic carbocycles. The van der Waals surface area contributed by atoms with Gasteiger partial charge in [-0.3, -0.25) is 0 Å². The molecule has 0 saturated heterocycles. The summed E-state index contributed by atoms with van der Waals surface area (Å²) in [6.45, 7) is 1.95. The molecule has 0 amide bonds. The second-order valence-electron chi connectivity index (χ2n) is 3.51. The number of nitrogen functional groups attached to an aromatic ring is 1. The first-order chi connectivity index (χ1) is 7.58. The highest BCUT2D eigenvalue weighted by molar-refractivity contribution is 5.86. The number of carboxylic acid groups (broad SMARTS) is 1. The topological polar surface area (TPSA) is 81.1 Å². The number of anilines is 1. The molecule has 3 N–H and O–H groups in total. The van der Waals surface area contributed by atoms with E-state index in [9.17, 15) is 4.79 Å². The van der Waals surface area contributed by atoms with Gasteiger partial charge in [0.1, 0.15) is 5.82 Å². The number of hydrogen-bond acceptors (Lipinski definition) is 3. The Morgan fingerprint density at radius 1 is 1.44 bits per heavy atom. The van der Waals surface area contributed by atoms with Crippen molar-refractivity contribution in [1.29, 1.82) is 0 Å². The molecule has 0 unspecified atom stereocenters. The summed E-state index contributed by atoms with van der Waals surface area (Å²) in [6, 6.07) is 8.86. The van der Waals surface area contributed by atoms with Crippen molar-refractivity contribution in [3.8, 4) is 5.69 Å². The van der Waals surface area contributed by atoms with E-state index < -0.39 is 5.97 Å². The van der Waals surface area contributed by atoms with Gasteiger partial charge in [0.05, 0.1) is 5.69 Å². The third-order valence-electron chi connectivity index (χ3n) is 2.20. The first kappa shape index (κ1) is 10.2. The van der Waals surface area contributed by atoms with Crippen LogP contribution in [0.3, 0.4) is 0 Å². The summed E-state index contributed by atoms with van der Waals surface area (Å²) in [6.07, 6.45) is 0. The standard InChI is InChI=1S/C11H11N3O2/c1-7-3-2-4-8(5-7)14-10(12)6-9(13-14)11(15)16/h2-6H,12H2,1H3,(H,15,16). The zero-order valence-corrected chi connectivity index (χ0v) is 8.71. The Morgan fingerprint density at radius 3 is 2.75 bits per heavy atom. The van der Waals surface area contributed by atoms with Crippen molar-refractivity contribution >= 4 is 11.8 Å². The Hall–Kier alpha value is -2.30. The quantitative estimate of drug-likeness (QED) is 0.797. The molecule has 0 atom stereocenters. The summed E-state index contributed by atoms with van der Waals surface area (Å²) in [5.74, 6) is -0.777. The van der Waals surface area contributed by atoms with Crippen molar-refractivity contribution in [3.05, 3.63) is 41.6 Å². The maximum Gasteiger partial charge on any atom is 0.356 e. The molecule has 0 radical (unpaired) electrons. The van der Waals surface area contributed by atoms with E-state index in [0.29, 0.717) is 5.82 Å². The van der Waals surface area contributed by atoms with E-state index in [1.54, 1.807) is 0 Å². The van der Waals surface area contributed by atoms with Crippen LogP contribution in [0.2, 0.25) is 0 Å². The number of aromatic carboxylic acids is 1. The van der Waals surface area contributed by atoms with Crippen LogP contribution in [0.1, 0.15) is 16.1 Å². The van der Waals surface area contributed by atoms with E-state index in [-0.39, 0.29) is 5.69 Å². The summed E-state index contributed by atoms with van der Waals surface area (Å²) >= 11 is 0. The van der Waals surface area contributed by atoms with Crippen molar-refractivity contribution in [3.63, 3.8) is 0 Å². The van der Waals surface area contributed by atoms with Crippen LogP contribution < -0.4 is 5.73 Å². The van der Waals surface area contributed by atoms with Gasteiger partial charge in [-0.1, -0.05) is 12.1 Å². The van der Waals surface area contributed by atoms with Gasteiger partial charge in [-0.15, -0.1) is 0 Å². The number of carbonyl (C=O) groups is 1. The summed E-state index contributed by atoms with van der Waals surface area (Å²) in [4.78, 5) is 10.7. The number of nitrogens with zero attached hydrogens (tertiary/aromatic N) is 2. The molecule has 5 heteroatoms. The smallest absolute Gasteiger partial charge is 0.356 e. The predicted molar refractivity (Wildman–Crippen MR) is 59.7 cm³/mol. The molecule has 5 nitrogen and oxygen atoms in total. The van der Waals surface area contributed by atoms with Crippen molar-refractivity contribution in [2.45, 2.75) is 6.92 Å². The highest BCUT2D eigenvalue weighted by Gasteiger charge is 2.12. The Kier molecular flexibility index (Phi) is 2.36. The molecule has 16 heavy (non-hydrogen) atoms. The lowest BCUT2D eigenvalue weighted by molar-refractivity contribution is 0.0690. The average Bonchev–Trinajstić information content (AvgIpc) is 2.60. The Labute approximate surface area is 92.1 Å². The number of rotatable bonds is 2. The summed E-state index contributed by atoms with van der Waals surface area (Å²) in [5.41, 5.74) is 7.46. The van der Waals surface area contributed by atoms with Crippen molar-refractivity contribution < 1.29 is 9.90 Å². The molecular weight excluding hydrogens is 206 g/mol. The van der Waals surface area contributed by atoms with E-state index in [0.717, 1.165) is 11.3 Å². The normalized spacial score (nSPS) is 10.3. The first-order valence-electron chi connectivity index (χ1n) is 4.74. The molecule has 0 bridgehead atoms. The molecule has 0 aliphatic rings.